The highest BCUT2D eigenvalue weighted by Gasteiger charge is 2.16. The fraction of sp³-hybridized carbons (Fsp3) is 0.417. The monoisotopic (exact) mass is 257 g/mol. The first-order valence-corrected chi connectivity index (χ1v) is 6.73. The zero-order valence-electron chi connectivity index (χ0n) is 9.65. The van der Waals surface area contributed by atoms with E-state index in [1.165, 1.54) is 6.07 Å². The number of nitrogens with one attached hydrogen (secondary N) is 1. The van der Waals surface area contributed by atoms with Crippen LogP contribution < -0.4 is 5.32 Å². The molecule has 17 heavy (non-hydrogen) atoms. The molecule has 0 saturated heterocycles. The van der Waals surface area contributed by atoms with Crippen molar-refractivity contribution in [1.82, 2.24) is 5.32 Å². The van der Waals surface area contributed by atoms with E-state index in [2.05, 4.69) is 5.32 Å². The van der Waals surface area contributed by atoms with Crippen LogP contribution in [0.5, 0.6) is 0 Å². The van der Waals surface area contributed by atoms with E-state index in [1.54, 1.807) is 30.0 Å². The fourth-order valence-electron chi connectivity index (χ4n) is 1.42. The standard InChI is InChI=1S/C12H16FNO2S/c1-17-7-6-11(12(15)16)14-8-9-4-2-3-5-10(9)13/h2-5,11,14H,6-8H2,1H3,(H,15,16)/t11-/m0/s1. The second kappa shape index (κ2) is 7.29. The molecule has 0 aliphatic rings. The number of halogens is 1. The molecule has 3 nitrogen and oxygen atoms in total. The zero-order valence-corrected chi connectivity index (χ0v) is 10.5. The van der Waals surface area contributed by atoms with Crippen LogP contribution in [0.15, 0.2) is 24.3 Å². The van der Waals surface area contributed by atoms with Gasteiger partial charge in [-0.2, -0.15) is 11.8 Å². The average Bonchev–Trinajstić information content (AvgIpc) is 2.31. The summed E-state index contributed by atoms with van der Waals surface area (Å²) in [6.07, 6.45) is 2.46. The molecular formula is C12H16FNO2S. The number of carboxylic acids is 1. The van der Waals surface area contributed by atoms with Gasteiger partial charge in [-0.25, -0.2) is 4.39 Å². The molecule has 0 unspecified atom stereocenters. The summed E-state index contributed by atoms with van der Waals surface area (Å²) < 4.78 is 13.3. The molecule has 1 atom stereocenters. The van der Waals surface area contributed by atoms with E-state index >= 15 is 0 Å². The maximum atomic E-state index is 13.3. The quantitative estimate of drug-likeness (QED) is 0.785. The molecule has 0 fully saturated rings. The van der Waals surface area contributed by atoms with Crippen molar-refractivity contribution in [3.63, 3.8) is 0 Å². The van der Waals surface area contributed by atoms with Crippen LogP contribution >= 0.6 is 11.8 Å². The lowest BCUT2D eigenvalue weighted by Crippen LogP contribution is -2.36. The highest BCUT2D eigenvalue weighted by atomic mass is 32.2. The van der Waals surface area contributed by atoms with Gasteiger partial charge in [0.05, 0.1) is 0 Å². The van der Waals surface area contributed by atoms with Gasteiger partial charge in [-0.15, -0.1) is 0 Å². The molecule has 0 heterocycles. The Balaban J connectivity index is 2.52. The predicted octanol–water partition coefficient (Wildman–Crippen LogP) is 2.12. The minimum absolute atomic E-state index is 0.234. The second-order valence-corrected chi connectivity index (χ2v) is 4.63. The summed E-state index contributed by atoms with van der Waals surface area (Å²) in [4.78, 5) is 10.9. The van der Waals surface area contributed by atoms with Crippen molar-refractivity contribution in [3.8, 4) is 0 Å². The van der Waals surface area contributed by atoms with Gasteiger partial charge in [-0.05, 0) is 24.5 Å². The third-order valence-corrected chi connectivity index (χ3v) is 3.05. The Kier molecular flexibility index (Phi) is 6.00. The summed E-state index contributed by atoms with van der Waals surface area (Å²) in [7, 11) is 0. The van der Waals surface area contributed by atoms with E-state index in [0.29, 0.717) is 12.0 Å². The molecule has 0 aliphatic heterocycles. The Bertz CT molecular complexity index is 373. The highest BCUT2D eigenvalue weighted by Crippen LogP contribution is 2.07. The molecular weight excluding hydrogens is 241 g/mol. The number of thioether (sulfide) groups is 1. The van der Waals surface area contributed by atoms with Gasteiger partial charge in [0.25, 0.3) is 0 Å². The van der Waals surface area contributed by atoms with Crippen LogP contribution in [0.25, 0.3) is 0 Å². The van der Waals surface area contributed by atoms with Gasteiger partial charge in [-0.1, -0.05) is 18.2 Å². The predicted molar refractivity (Wildman–Crippen MR) is 67.7 cm³/mol. The van der Waals surface area contributed by atoms with Gasteiger partial charge in [0.2, 0.25) is 0 Å². The smallest absolute Gasteiger partial charge is 0.320 e. The van der Waals surface area contributed by atoms with Crippen molar-refractivity contribution in [2.75, 3.05) is 12.0 Å². The first-order valence-electron chi connectivity index (χ1n) is 5.33. The third kappa shape index (κ3) is 4.75. The van der Waals surface area contributed by atoms with Gasteiger partial charge >= 0.3 is 5.97 Å². The van der Waals surface area contributed by atoms with E-state index in [9.17, 15) is 9.18 Å². The van der Waals surface area contributed by atoms with Crippen molar-refractivity contribution in [1.29, 1.82) is 0 Å². The number of hydrogen-bond donors (Lipinski definition) is 2. The molecule has 0 saturated carbocycles. The number of rotatable bonds is 7. The Morgan fingerprint density at radius 3 is 2.82 bits per heavy atom. The third-order valence-electron chi connectivity index (χ3n) is 2.41. The van der Waals surface area contributed by atoms with Gasteiger partial charge < -0.3 is 10.4 Å². The van der Waals surface area contributed by atoms with Crippen molar-refractivity contribution in [3.05, 3.63) is 35.6 Å². The first kappa shape index (κ1) is 14.0. The topological polar surface area (TPSA) is 49.3 Å². The van der Waals surface area contributed by atoms with Crippen LogP contribution in [0.1, 0.15) is 12.0 Å². The van der Waals surface area contributed by atoms with Crippen LogP contribution in [0.2, 0.25) is 0 Å². The number of benzene rings is 1. The van der Waals surface area contributed by atoms with Gasteiger partial charge in [0.1, 0.15) is 11.9 Å². The molecule has 5 heteroatoms. The molecule has 2 N–H and O–H groups in total. The lowest BCUT2D eigenvalue weighted by atomic mass is 10.1. The lowest BCUT2D eigenvalue weighted by Gasteiger charge is -2.14. The summed E-state index contributed by atoms with van der Waals surface area (Å²) in [5.74, 6) is -0.439. The summed E-state index contributed by atoms with van der Waals surface area (Å²) >= 11 is 1.59. The van der Waals surface area contributed by atoms with Crippen LogP contribution in [0.4, 0.5) is 4.39 Å². The number of carbonyl (C=O) groups is 1. The SMILES string of the molecule is CSCC[C@H](NCc1ccccc1F)C(=O)O. The molecule has 1 rings (SSSR count). The van der Waals surface area contributed by atoms with E-state index in [1.807, 2.05) is 6.26 Å². The largest absolute Gasteiger partial charge is 0.480 e. The molecule has 94 valence electrons. The number of aliphatic carboxylic acids is 1. The van der Waals surface area contributed by atoms with Gasteiger partial charge in [0.15, 0.2) is 0 Å². The minimum Gasteiger partial charge on any atom is -0.480 e. The van der Waals surface area contributed by atoms with E-state index < -0.39 is 12.0 Å². The molecule has 0 aromatic heterocycles. The van der Waals surface area contributed by atoms with E-state index in [4.69, 9.17) is 5.11 Å². The first-order chi connectivity index (χ1) is 8.15. The summed E-state index contributed by atoms with van der Waals surface area (Å²) in [5, 5.41) is 11.8. The van der Waals surface area contributed by atoms with Crippen LogP contribution in [0.3, 0.4) is 0 Å². The zero-order chi connectivity index (χ0) is 12.7. The Labute approximate surface area is 104 Å². The molecule has 1 aromatic rings. The molecule has 0 amide bonds. The van der Waals surface area contributed by atoms with Crippen LogP contribution in [0, 0.1) is 5.82 Å². The Hall–Kier alpha value is -1.07. The molecule has 0 spiro atoms. The van der Waals surface area contributed by atoms with Crippen molar-refractivity contribution in [2.24, 2.45) is 0 Å². The highest BCUT2D eigenvalue weighted by molar-refractivity contribution is 7.98. The maximum absolute atomic E-state index is 13.3. The van der Waals surface area contributed by atoms with Crippen LogP contribution in [-0.4, -0.2) is 29.1 Å². The van der Waals surface area contributed by atoms with Gasteiger partial charge in [0, 0.05) is 12.1 Å². The van der Waals surface area contributed by atoms with Crippen molar-refractivity contribution < 1.29 is 14.3 Å². The maximum Gasteiger partial charge on any atom is 0.320 e. The summed E-state index contributed by atoms with van der Waals surface area (Å²) in [6.45, 7) is 0.234. The molecule has 1 aromatic carbocycles. The van der Waals surface area contributed by atoms with Crippen LogP contribution in [-0.2, 0) is 11.3 Å². The van der Waals surface area contributed by atoms with E-state index in [-0.39, 0.29) is 12.4 Å². The van der Waals surface area contributed by atoms with Crippen molar-refractivity contribution in [2.45, 2.75) is 19.0 Å². The Morgan fingerprint density at radius 2 is 2.24 bits per heavy atom. The molecule has 0 bridgehead atoms. The lowest BCUT2D eigenvalue weighted by molar-refractivity contribution is -0.139. The molecule has 0 aliphatic carbocycles. The summed E-state index contributed by atoms with van der Waals surface area (Å²) in [5.41, 5.74) is 0.489. The second-order valence-electron chi connectivity index (χ2n) is 3.64. The number of hydrogen-bond acceptors (Lipinski definition) is 3. The fourth-order valence-corrected chi connectivity index (χ4v) is 1.89. The summed E-state index contributed by atoms with van der Waals surface area (Å²) in [6, 6.07) is 5.74. The van der Waals surface area contributed by atoms with Gasteiger partial charge in [-0.3, -0.25) is 4.79 Å². The Morgan fingerprint density at radius 1 is 1.53 bits per heavy atom. The number of carboxylic acid groups (broad SMARTS) is 1. The molecule has 0 radical (unpaired) electrons. The average molecular weight is 257 g/mol. The minimum atomic E-state index is -0.893. The normalized spacial score (nSPS) is 12.4. The van der Waals surface area contributed by atoms with E-state index in [0.717, 1.165) is 5.75 Å². The van der Waals surface area contributed by atoms with Crippen molar-refractivity contribution >= 4 is 17.7 Å².